The molecule has 1 saturated heterocycles. The average Bonchev–Trinajstić information content (AvgIpc) is 2.90. The fourth-order valence-corrected chi connectivity index (χ4v) is 3.37. The number of para-hydroxylation sites is 1. The second-order valence-electron chi connectivity index (χ2n) is 5.34. The van der Waals surface area contributed by atoms with Gasteiger partial charge in [-0.05, 0) is 38.2 Å². The van der Waals surface area contributed by atoms with E-state index in [1.54, 1.807) is 13.0 Å². The highest BCUT2D eigenvalue weighted by atomic mass is 19.1. The lowest BCUT2D eigenvalue weighted by Crippen LogP contribution is -2.33. The summed E-state index contributed by atoms with van der Waals surface area (Å²) in [4.78, 5) is 2.17. The van der Waals surface area contributed by atoms with Crippen molar-refractivity contribution in [1.29, 1.82) is 0 Å². The molecule has 1 N–H and O–H groups in total. The van der Waals surface area contributed by atoms with E-state index in [1.807, 2.05) is 6.07 Å². The smallest absolute Gasteiger partial charge is 0.146 e. The lowest BCUT2D eigenvalue weighted by atomic mass is 10.0. The lowest BCUT2D eigenvalue weighted by molar-refractivity contribution is 0.199. The van der Waals surface area contributed by atoms with Crippen molar-refractivity contribution in [3.63, 3.8) is 0 Å². The SMILES string of the molecule is C[C@@H](O)c1cccc(F)c1N1CC2CCC1C2. The van der Waals surface area contributed by atoms with Crippen LogP contribution in [0.4, 0.5) is 10.1 Å². The topological polar surface area (TPSA) is 23.5 Å². The third-order valence-corrected chi connectivity index (χ3v) is 4.16. The zero-order valence-corrected chi connectivity index (χ0v) is 10.1. The average molecular weight is 235 g/mol. The van der Waals surface area contributed by atoms with Gasteiger partial charge in [0.2, 0.25) is 0 Å². The minimum absolute atomic E-state index is 0.198. The van der Waals surface area contributed by atoms with E-state index >= 15 is 0 Å². The highest BCUT2D eigenvalue weighted by Crippen LogP contribution is 2.43. The molecule has 1 aliphatic carbocycles. The van der Waals surface area contributed by atoms with E-state index in [4.69, 9.17) is 0 Å². The van der Waals surface area contributed by atoms with Crippen LogP contribution in [0.15, 0.2) is 18.2 Å². The number of piperidine rings is 1. The normalized spacial score (nSPS) is 28.8. The second-order valence-corrected chi connectivity index (χ2v) is 5.34. The summed E-state index contributed by atoms with van der Waals surface area (Å²) >= 11 is 0. The summed E-state index contributed by atoms with van der Waals surface area (Å²) in [5.74, 6) is 0.525. The summed E-state index contributed by atoms with van der Waals surface area (Å²) in [6.45, 7) is 2.65. The molecule has 2 fully saturated rings. The minimum Gasteiger partial charge on any atom is -0.389 e. The van der Waals surface area contributed by atoms with E-state index in [1.165, 1.54) is 18.9 Å². The van der Waals surface area contributed by atoms with Gasteiger partial charge in [-0.1, -0.05) is 12.1 Å². The lowest BCUT2D eigenvalue weighted by Gasteiger charge is -2.31. The molecule has 1 aliphatic heterocycles. The Labute approximate surface area is 101 Å². The summed E-state index contributed by atoms with van der Waals surface area (Å²) in [5.41, 5.74) is 1.35. The van der Waals surface area contributed by atoms with Crippen molar-refractivity contribution in [1.82, 2.24) is 0 Å². The number of anilines is 1. The van der Waals surface area contributed by atoms with Crippen LogP contribution in [-0.4, -0.2) is 17.7 Å². The molecule has 2 aliphatic rings. The van der Waals surface area contributed by atoms with Crippen molar-refractivity contribution >= 4 is 5.69 Å². The van der Waals surface area contributed by atoms with Crippen molar-refractivity contribution in [3.8, 4) is 0 Å². The maximum absolute atomic E-state index is 14.0. The van der Waals surface area contributed by atoms with Crippen molar-refractivity contribution in [2.45, 2.75) is 38.3 Å². The third-order valence-electron chi connectivity index (χ3n) is 4.16. The zero-order valence-electron chi connectivity index (χ0n) is 10.1. The van der Waals surface area contributed by atoms with Gasteiger partial charge in [0.05, 0.1) is 11.8 Å². The molecule has 0 aromatic heterocycles. The quantitative estimate of drug-likeness (QED) is 0.852. The summed E-state index contributed by atoms with van der Waals surface area (Å²) in [7, 11) is 0. The van der Waals surface area contributed by atoms with E-state index in [0.717, 1.165) is 24.4 Å². The van der Waals surface area contributed by atoms with Crippen molar-refractivity contribution in [3.05, 3.63) is 29.6 Å². The summed E-state index contributed by atoms with van der Waals surface area (Å²) in [5, 5.41) is 9.77. The Kier molecular flexibility index (Phi) is 2.58. The monoisotopic (exact) mass is 235 g/mol. The largest absolute Gasteiger partial charge is 0.389 e. The number of benzene rings is 1. The summed E-state index contributed by atoms with van der Waals surface area (Å²) in [6, 6.07) is 5.48. The number of fused-ring (bicyclic) bond motifs is 2. The van der Waals surface area contributed by atoms with E-state index in [9.17, 15) is 9.50 Å². The van der Waals surface area contributed by atoms with Gasteiger partial charge in [-0.2, -0.15) is 0 Å². The first kappa shape index (κ1) is 11.0. The third kappa shape index (κ3) is 1.73. The molecule has 1 saturated carbocycles. The Bertz CT molecular complexity index is 432. The van der Waals surface area contributed by atoms with Crippen LogP contribution < -0.4 is 4.90 Å². The van der Waals surface area contributed by atoms with Crippen LogP contribution in [0.2, 0.25) is 0 Å². The molecule has 3 rings (SSSR count). The van der Waals surface area contributed by atoms with Gasteiger partial charge in [-0.25, -0.2) is 4.39 Å². The molecule has 1 aromatic carbocycles. The Morgan fingerprint density at radius 1 is 1.41 bits per heavy atom. The molecule has 1 heterocycles. The number of aliphatic hydroxyl groups is 1. The molecular weight excluding hydrogens is 217 g/mol. The fraction of sp³-hybridized carbons (Fsp3) is 0.571. The van der Waals surface area contributed by atoms with Crippen LogP contribution in [0.3, 0.4) is 0 Å². The first-order valence-corrected chi connectivity index (χ1v) is 6.40. The molecule has 0 amide bonds. The Balaban J connectivity index is 2.02. The van der Waals surface area contributed by atoms with E-state index in [-0.39, 0.29) is 5.82 Å². The number of halogens is 1. The van der Waals surface area contributed by atoms with Crippen molar-refractivity contribution in [2.75, 3.05) is 11.4 Å². The Morgan fingerprint density at radius 2 is 2.24 bits per heavy atom. The fourth-order valence-electron chi connectivity index (χ4n) is 3.37. The maximum atomic E-state index is 14.0. The van der Waals surface area contributed by atoms with Crippen molar-refractivity contribution in [2.24, 2.45) is 5.92 Å². The molecule has 2 bridgehead atoms. The minimum atomic E-state index is -0.611. The van der Waals surface area contributed by atoms with Gasteiger partial charge in [0.1, 0.15) is 5.82 Å². The Morgan fingerprint density at radius 3 is 2.82 bits per heavy atom. The molecule has 1 aromatic rings. The van der Waals surface area contributed by atoms with Crippen LogP contribution in [0.1, 0.15) is 37.9 Å². The van der Waals surface area contributed by atoms with Gasteiger partial charge in [0.15, 0.2) is 0 Å². The van der Waals surface area contributed by atoms with Crippen LogP contribution in [0.25, 0.3) is 0 Å². The predicted octanol–water partition coefficient (Wildman–Crippen LogP) is 2.87. The van der Waals surface area contributed by atoms with Gasteiger partial charge >= 0.3 is 0 Å². The molecule has 0 radical (unpaired) electrons. The summed E-state index contributed by atoms with van der Waals surface area (Å²) < 4.78 is 14.0. The number of nitrogens with zero attached hydrogens (tertiary/aromatic N) is 1. The van der Waals surface area contributed by atoms with E-state index < -0.39 is 6.10 Å². The molecule has 3 heteroatoms. The molecule has 0 spiro atoms. The number of hydrogen-bond donors (Lipinski definition) is 1. The van der Waals surface area contributed by atoms with Gasteiger partial charge < -0.3 is 10.0 Å². The Hall–Kier alpha value is -1.09. The zero-order chi connectivity index (χ0) is 12.0. The molecule has 3 atom stereocenters. The molecule has 2 nitrogen and oxygen atoms in total. The van der Waals surface area contributed by atoms with E-state index in [2.05, 4.69) is 4.90 Å². The van der Waals surface area contributed by atoms with Gasteiger partial charge in [-0.15, -0.1) is 0 Å². The molecule has 2 unspecified atom stereocenters. The number of rotatable bonds is 2. The van der Waals surface area contributed by atoms with Gasteiger partial charge in [0, 0.05) is 18.2 Å². The van der Waals surface area contributed by atoms with Crippen LogP contribution in [0.5, 0.6) is 0 Å². The first-order valence-electron chi connectivity index (χ1n) is 6.40. The number of aliphatic hydroxyl groups excluding tert-OH is 1. The second kappa shape index (κ2) is 3.98. The van der Waals surface area contributed by atoms with E-state index in [0.29, 0.717) is 11.7 Å². The predicted molar refractivity (Wildman–Crippen MR) is 65.5 cm³/mol. The molecular formula is C14H18FNO. The first-order chi connectivity index (χ1) is 8.16. The van der Waals surface area contributed by atoms with Crippen molar-refractivity contribution < 1.29 is 9.50 Å². The van der Waals surface area contributed by atoms with Crippen LogP contribution >= 0.6 is 0 Å². The molecule has 92 valence electrons. The van der Waals surface area contributed by atoms with Crippen LogP contribution in [0, 0.1) is 11.7 Å². The highest BCUT2D eigenvalue weighted by Gasteiger charge is 2.39. The van der Waals surface area contributed by atoms with Gasteiger partial charge in [0.25, 0.3) is 0 Å². The highest BCUT2D eigenvalue weighted by molar-refractivity contribution is 5.57. The maximum Gasteiger partial charge on any atom is 0.146 e. The molecule has 17 heavy (non-hydrogen) atoms. The van der Waals surface area contributed by atoms with Crippen LogP contribution in [-0.2, 0) is 0 Å². The van der Waals surface area contributed by atoms with Gasteiger partial charge in [-0.3, -0.25) is 0 Å². The summed E-state index contributed by atoms with van der Waals surface area (Å²) in [6.07, 6.45) is 3.02. The standard InChI is InChI=1S/C14H18FNO/c1-9(17)12-3-2-4-13(15)14(12)16-8-10-5-6-11(16)7-10/h2-4,9-11,17H,5-8H2,1H3/t9-,10?,11?/m1/s1. The number of hydrogen-bond acceptors (Lipinski definition) is 2.